The van der Waals surface area contributed by atoms with Crippen molar-refractivity contribution in [3.05, 3.63) is 100 Å². The molecule has 5 nitrogen and oxygen atoms in total. The molecule has 0 saturated heterocycles. The van der Waals surface area contributed by atoms with Gasteiger partial charge in [-0.05, 0) is 30.2 Å². The predicted octanol–water partition coefficient (Wildman–Crippen LogP) is 5.38. The fourth-order valence-corrected chi connectivity index (χ4v) is 3.64. The molecule has 1 N–H and O–H groups in total. The number of aryl methyl sites for hydroxylation is 1. The van der Waals surface area contributed by atoms with Crippen LogP contribution in [0.5, 0.6) is 0 Å². The average Bonchev–Trinajstić information content (AvgIpc) is 2.69. The molecule has 0 aromatic heterocycles. The molecule has 0 bridgehead atoms. The molecule has 0 fully saturated rings. The van der Waals surface area contributed by atoms with Crippen molar-refractivity contribution < 1.29 is 9.72 Å². The number of hydrogen-bond donors (Lipinski definition) is 1. The highest BCUT2D eigenvalue weighted by atomic mass is 32.2. The number of nitrogens with zero attached hydrogens (tertiary/aromatic N) is 1. The fraction of sp³-hybridized carbons (Fsp3) is 0.0952. The van der Waals surface area contributed by atoms with Crippen LogP contribution in [0, 0.1) is 17.0 Å². The fourth-order valence-electron chi connectivity index (χ4n) is 2.59. The second kappa shape index (κ2) is 8.51. The Morgan fingerprint density at radius 1 is 1.00 bits per heavy atom. The van der Waals surface area contributed by atoms with E-state index >= 15 is 0 Å². The zero-order valence-electron chi connectivity index (χ0n) is 14.7. The molecular formula is C21H18N2O3S. The third kappa shape index (κ3) is 4.74. The quantitative estimate of drug-likeness (QED) is 0.355. The molecule has 0 saturated carbocycles. The normalized spacial score (nSPS) is 11.6. The van der Waals surface area contributed by atoms with Gasteiger partial charge in [-0.2, -0.15) is 0 Å². The van der Waals surface area contributed by atoms with Gasteiger partial charge in [0.1, 0.15) is 5.25 Å². The van der Waals surface area contributed by atoms with Crippen LogP contribution in [0.3, 0.4) is 0 Å². The van der Waals surface area contributed by atoms with E-state index in [-0.39, 0.29) is 11.6 Å². The molecule has 0 radical (unpaired) electrons. The van der Waals surface area contributed by atoms with Crippen molar-refractivity contribution in [1.82, 2.24) is 0 Å². The summed E-state index contributed by atoms with van der Waals surface area (Å²) in [6.07, 6.45) is 0. The molecular weight excluding hydrogens is 360 g/mol. The standard InChI is InChI=1S/C21H18N2O3S/c1-15-12-13-17(23(25)26)14-19(15)22-21(24)20(16-8-4-2-5-9-16)27-18-10-6-3-7-11-18/h2-14,20H,1H3,(H,22,24)/t20-/m1/s1. The van der Waals surface area contributed by atoms with E-state index in [9.17, 15) is 14.9 Å². The van der Waals surface area contributed by atoms with Crippen molar-refractivity contribution >= 4 is 29.0 Å². The van der Waals surface area contributed by atoms with Crippen LogP contribution >= 0.6 is 11.8 Å². The van der Waals surface area contributed by atoms with Gasteiger partial charge in [-0.25, -0.2) is 0 Å². The first-order valence-electron chi connectivity index (χ1n) is 8.37. The van der Waals surface area contributed by atoms with E-state index in [2.05, 4.69) is 5.32 Å². The average molecular weight is 378 g/mol. The lowest BCUT2D eigenvalue weighted by molar-refractivity contribution is -0.384. The van der Waals surface area contributed by atoms with E-state index in [0.29, 0.717) is 5.69 Å². The highest BCUT2D eigenvalue weighted by Crippen LogP contribution is 2.36. The summed E-state index contributed by atoms with van der Waals surface area (Å²) >= 11 is 1.44. The van der Waals surface area contributed by atoms with Crippen molar-refractivity contribution in [3.63, 3.8) is 0 Å². The Morgan fingerprint density at radius 2 is 1.63 bits per heavy atom. The minimum absolute atomic E-state index is 0.0529. The highest BCUT2D eigenvalue weighted by molar-refractivity contribution is 8.00. The number of thioether (sulfide) groups is 1. The molecule has 0 spiro atoms. The lowest BCUT2D eigenvalue weighted by atomic mass is 10.1. The minimum atomic E-state index is -0.479. The van der Waals surface area contributed by atoms with Crippen LogP contribution in [0.1, 0.15) is 16.4 Å². The molecule has 0 aliphatic heterocycles. The summed E-state index contributed by atoms with van der Waals surface area (Å²) in [7, 11) is 0. The Labute approximate surface area is 161 Å². The van der Waals surface area contributed by atoms with Gasteiger partial charge in [0.15, 0.2) is 0 Å². The van der Waals surface area contributed by atoms with Crippen molar-refractivity contribution in [1.29, 1.82) is 0 Å². The first kappa shape index (κ1) is 18.7. The molecule has 0 heterocycles. The summed E-state index contributed by atoms with van der Waals surface area (Å²) in [6, 6.07) is 23.6. The number of non-ortho nitro benzene ring substituents is 1. The lowest BCUT2D eigenvalue weighted by Gasteiger charge is -2.18. The maximum absolute atomic E-state index is 13.0. The minimum Gasteiger partial charge on any atom is -0.324 e. The number of anilines is 1. The number of nitro groups is 1. The van der Waals surface area contributed by atoms with Gasteiger partial charge in [0.2, 0.25) is 5.91 Å². The molecule has 27 heavy (non-hydrogen) atoms. The van der Waals surface area contributed by atoms with Gasteiger partial charge in [-0.3, -0.25) is 14.9 Å². The molecule has 136 valence electrons. The van der Waals surface area contributed by atoms with Crippen molar-refractivity contribution in [2.75, 3.05) is 5.32 Å². The maximum atomic E-state index is 13.0. The molecule has 6 heteroatoms. The van der Waals surface area contributed by atoms with E-state index in [4.69, 9.17) is 0 Å². The number of hydrogen-bond acceptors (Lipinski definition) is 4. The van der Waals surface area contributed by atoms with E-state index in [1.165, 1.54) is 23.9 Å². The van der Waals surface area contributed by atoms with Gasteiger partial charge in [0, 0.05) is 17.0 Å². The second-order valence-corrected chi connectivity index (χ2v) is 7.15. The van der Waals surface area contributed by atoms with Gasteiger partial charge in [0.25, 0.3) is 5.69 Å². The molecule has 0 aliphatic rings. The number of amides is 1. The summed E-state index contributed by atoms with van der Waals surface area (Å²) in [5.41, 5.74) is 2.03. The summed E-state index contributed by atoms with van der Waals surface area (Å²) in [5, 5.41) is 13.4. The Kier molecular flexibility index (Phi) is 5.88. The summed E-state index contributed by atoms with van der Waals surface area (Å²) in [6.45, 7) is 1.81. The molecule has 3 rings (SSSR count). The third-order valence-corrected chi connectivity index (χ3v) is 5.29. The van der Waals surface area contributed by atoms with Crippen LogP contribution < -0.4 is 5.32 Å². The molecule has 0 unspecified atom stereocenters. The molecule has 1 atom stereocenters. The van der Waals surface area contributed by atoms with Gasteiger partial charge < -0.3 is 5.32 Å². The van der Waals surface area contributed by atoms with Crippen LogP contribution in [-0.4, -0.2) is 10.8 Å². The Bertz CT molecular complexity index is 946. The van der Waals surface area contributed by atoms with E-state index in [1.54, 1.807) is 13.0 Å². The van der Waals surface area contributed by atoms with Crippen molar-refractivity contribution in [2.24, 2.45) is 0 Å². The van der Waals surface area contributed by atoms with E-state index in [1.807, 2.05) is 60.7 Å². The number of carbonyl (C=O) groups excluding carboxylic acids is 1. The third-order valence-electron chi connectivity index (χ3n) is 4.03. The number of nitrogens with one attached hydrogen (secondary N) is 1. The zero-order chi connectivity index (χ0) is 19.2. The number of nitro benzene ring substituents is 1. The van der Waals surface area contributed by atoms with E-state index < -0.39 is 10.2 Å². The number of benzene rings is 3. The monoisotopic (exact) mass is 378 g/mol. The molecule has 3 aromatic carbocycles. The van der Waals surface area contributed by atoms with Crippen molar-refractivity contribution in [2.45, 2.75) is 17.1 Å². The van der Waals surface area contributed by atoms with Gasteiger partial charge in [-0.15, -0.1) is 11.8 Å². The Balaban J connectivity index is 1.89. The summed E-state index contributed by atoms with van der Waals surface area (Å²) in [5.74, 6) is -0.223. The van der Waals surface area contributed by atoms with Gasteiger partial charge >= 0.3 is 0 Å². The smallest absolute Gasteiger partial charge is 0.271 e. The van der Waals surface area contributed by atoms with Gasteiger partial charge in [0.05, 0.1) is 10.6 Å². The summed E-state index contributed by atoms with van der Waals surface area (Å²) in [4.78, 5) is 24.6. The predicted molar refractivity (Wildman–Crippen MR) is 108 cm³/mol. The van der Waals surface area contributed by atoms with Crippen LogP contribution in [-0.2, 0) is 4.79 Å². The van der Waals surface area contributed by atoms with E-state index in [0.717, 1.165) is 16.0 Å². The Morgan fingerprint density at radius 3 is 2.26 bits per heavy atom. The first-order valence-corrected chi connectivity index (χ1v) is 9.25. The SMILES string of the molecule is Cc1ccc([N+](=O)[O-])cc1NC(=O)[C@H](Sc1ccccc1)c1ccccc1. The second-order valence-electron chi connectivity index (χ2n) is 5.97. The summed E-state index contributed by atoms with van der Waals surface area (Å²) < 4.78 is 0. The van der Waals surface area contributed by atoms with Crippen LogP contribution in [0.2, 0.25) is 0 Å². The molecule has 1 amide bonds. The topological polar surface area (TPSA) is 72.2 Å². The zero-order valence-corrected chi connectivity index (χ0v) is 15.5. The van der Waals surface area contributed by atoms with Crippen LogP contribution in [0.25, 0.3) is 0 Å². The largest absolute Gasteiger partial charge is 0.324 e. The van der Waals surface area contributed by atoms with Crippen LogP contribution in [0.15, 0.2) is 83.8 Å². The number of carbonyl (C=O) groups is 1. The van der Waals surface area contributed by atoms with Crippen molar-refractivity contribution in [3.8, 4) is 0 Å². The molecule has 3 aromatic rings. The van der Waals surface area contributed by atoms with Crippen LogP contribution in [0.4, 0.5) is 11.4 Å². The lowest BCUT2D eigenvalue weighted by Crippen LogP contribution is -2.19. The van der Waals surface area contributed by atoms with Gasteiger partial charge in [-0.1, -0.05) is 54.6 Å². The first-order chi connectivity index (χ1) is 13.0. The highest BCUT2D eigenvalue weighted by Gasteiger charge is 2.23. The maximum Gasteiger partial charge on any atom is 0.271 e. The molecule has 0 aliphatic carbocycles. The number of rotatable bonds is 6. The Hall–Kier alpha value is -3.12.